The minimum absolute atomic E-state index is 0.0259. The summed E-state index contributed by atoms with van der Waals surface area (Å²) >= 11 is 6.70. The van der Waals surface area contributed by atoms with Gasteiger partial charge in [0.15, 0.2) is 0 Å². The second kappa shape index (κ2) is 6.22. The molecule has 2 rings (SSSR count). The maximum Gasteiger partial charge on any atom is 0.416 e. The maximum absolute atomic E-state index is 12.7. The van der Waals surface area contributed by atoms with Crippen molar-refractivity contribution in [2.45, 2.75) is 25.1 Å². The first-order valence-electron chi connectivity index (χ1n) is 6.23. The molecule has 0 amide bonds. The first-order chi connectivity index (χ1) is 9.38. The molecule has 1 aromatic carbocycles. The number of nitrogens with two attached hydrogens (primary N) is 1. The summed E-state index contributed by atoms with van der Waals surface area (Å²) in [5.74, 6) is 2.07. The van der Waals surface area contributed by atoms with E-state index in [1.54, 1.807) is 0 Å². The molecule has 0 saturated carbocycles. The summed E-state index contributed by atoms with van der Waals surface area (Å²) in [7, 11) is 0. The van der Waals surface area contributed by atoms with Crippen LogP contribution < -0.4 is 11.1 Å². The van der Waals surface area contributed by atoms with Crippen molar-refractivity contribution in [2.24, 2.45) is 5.73 Å². The van der Waals surface area contributed by atoms with Gasteiger partial charge in [-0.2, -0.15) is 24.9 Å². The first-order valence-corrected chi connectivity index (χ1v) is 7.79. The summed E-state index contributed by atoms with van der Waals surface area (Å²) in [5.41, 5.74) is 5.65. The average molecular weight is 320 g/mol. The summed E-state index contributed by atoms with van der Waals surface area (Å²) < 4.78 is 38.1. The molecule has 0 bridgehead atoms. The fourth-order valence-corrected chi connectivity index (χ4v) is 3.37. The van der Waals surface area contributed by atoms with Gasteiger partial charge in [-0.05, 0) is 36.8 Å². The van der Waals surface area contributed by atoms with E-state index in [0.29, 0.717) is 5.69 Å². The number of hydrogen-bond acceptors (Lipinski definition) is 3. The number of nitrogens with one attached hydrogen (secondary N) is 1. The second-order valence-corrected chi connectivity index (χ2v) is 6.27. The van der Waals surface area contributed by atoms with Gasteiger partial charge in [-0.3, -0.25) is 0 Å². The number of thioether (sulfide) groups is 1. The van der Waals surface area contributed by atoms with Gasteiger partial charge in [-0.15, -0.1) is 0 Å². The lowest BCUT2D eigenvalue weighted by molar-refractivity contribution is -0.137. The molecular weight excluding hydrogens is 305 g/mol. The quantitative estimate of drug-likeness (QED) is 0.834. The Morgan fingerprint density at radius 1 is 1.40 bits per heavy atom. The van der Waals surface area contributed by atoms with Crippen molar-refractivity contribution in [1.29, 1.82) is 0 Å². The third-order valence-electron chi connectivity index (χ3n) is 3.13. The van der Waals surface area contributed by atoms with E-state index < -0.39 is 11.7 Å². The lowest BCUT2D eigenvalue weighted by atomic mass is 10.1. The van der Waals surface area contributed by atoms with Gasteiger partial charge >= 0.3 is 6.18 Å². The maximum atomic E-state index is 12.7. The molecule has 1 saturated heterocycles. The summed E-state index contributed by atoms with van der Waals surface area (Å²) in [6, 6.07) is 3.73. The van der Waals surface area contributed by atoms with Crippen LogP contribution in [0.4, 0.5) is 18.9 Å². The molecule has 1 aromatic rings. The first kappa shape index (κ1) is 15.4. The highest BCUT2D eigenvalue weighted by molar-refractivity contribution is 7.99. The van der Waals surface area contributed by atoms with Crippen molar-refractivity contribution in [3.8, 4) is 0 Å². The van der Waals surface area contributed by atoms with Crippen LogP contribution in [0.5, 0.6) is 0 Å². The molecule has 0 radical (unpaired) electrons. The zero-order chi connectivity index (χ0) is 14.8. The highest BCUT2D eigenvalue weighted by atomic mass is 32.2. The van der Waals surface area contributed by atoms with Crippen molar-refractivity contribution in [3.63, 3.8) is 0 Å². The van der Waals surface area contributed by atoms with Crippen molar-refractivity contribution in [2.75, 3.05) is 16.8 Å². The van der Waals surface area contributed by atoms with Crippen molar-refractivity contribution in [3.05, 3.63) is 29.3 Å². The highest BCUT2D eigenvalue weighted by Crippen LogP contribution is 2.32. The van der Waals surface area contributed by atoms with E-state index in [9.17, 15) is 13.2 Å². The van der Waals surface area contributed by atoms with E-state index in [1.165, 1.54) is 6.07 Å². The fourth-order valence-electron chi connectivity index (χ4n) is 2.12. The topological polar surface area (TPSA) is 38.0 Å². The van der Waals surface area contributed by atoms with Crippen molar-refractivity contribution < 1.29 is 13.2 Å². The van der Waals surface area contributed by atoms with Crippen LogP contribution in [0, 0.1) is 0 Å². The van der Waals surface area contributed by atoms with Gasteiger partial charge in [0.1, 0.15) is 4.99 Å². The van der Waals surface area contributed by atoms with Gasteiger partial charge in [0.25, 0.3) is 0 Å². The predicted octanol–water partition coefficient (Wildman–Crippen LogP) is 3.65. The number of hydrogen-bond donors (Lipinski definition) is 2. The monoisotopic (exact) mass is 320 g/mol. The molecule has 0 aliphatic carbocycles. The van der Waals surface area contributed by atoms with Crippen LogP contribution in [0.25, 0.3) is 0 Å². The highest BCUT2D eigenvalue weighted by Gasteiger charge is 2.31. The van der Waals surface area contributed by atoms with Crippen molar-refractivity contribution >= 4 is 34.7 Å². The molecule has 1 heterocycles. The molecule has 1 aliphatic rings. The van der Waals surface area contributed by atoms with E-state index in [2.05, 4.69) is 5.32 Å². The van der Waals surface area contributed by atoms with Gasteiger partial charge in [0.2, 0.25) is 0 Å². The molecule has 1 atom stereocenters. The van der Waals surface area contributed by atoms with Crippen LogP contribution in [0.2, 0.25) is 0 Å². The number of halogens is 3. The van der Waals surface area contributed by atoms with E-state index >= 15 is 0 Å². The third kappa shape index (κ3) is 3.79. The van der Waals surface area contributed by atoms with Crippen LogP contribution in [0.15, 0.2) is 18.2 Å². The lowest BCUT2D eigenvalue weighted by Gasteiger charge is -2.25. The zero-order valence-electron chi connectivity index (χ0n) is 10.7. The van der Waals surface area contributed by atoms with E-state index in [-0.39, 0.29) is 16.6 Å². The largest absolute Gasteiger partial charge is 0.416 e. The van der Waals surface area contributed by atoms with Crippen LogP contribution in [0.1, 0.15) is 24.0 Å². The minimum atomic E-state index is -4.39. The van der Waals surface area contributed by atoms with Gasteiger partial charge < -0.3 is 11.1 Å². The van der Waals surface area contributed by atoms with Crippen LogP contribution in [0.3, 0.4) is 0 Å². The third-order valence-corrected chi connectivity index (χ3v) is 4.57. The molecule has 0 spiro atoms. The SMILES string of the molecule is NC(=S)c1cc(C(F)(F)F)ccc1NC1CCCSC1. The Balaban J connectivity index is 2.25. The average Bonchev–Trinajstić information content (AvgIpc) is 2.38. The Hall–Kier alpha value is -0.950. The molecule has 3 N–H and O–H groups in total. The number of anilines is 1. The molecule has 2 nitrogen and oxygen atoms in total. The number of thiocarbonyl (C=S) groups is 1. The van der Waals surface area contributed by atoms with E-state index in [0.717, 1.165) is 36.5 Å². The summed E-state index contributed by atoms with van der Waals surface area (Å²) in [5, 5.41) is 3.25. The number of rotatable bonds is 3. The lowest BCUT2D eigenvalue weighted by Crippen LogP contribution is -2.27. The molecule has 110 valence electrons. The molecule has 20 heavy (non-hydrogen) atoms. The Morgan fingerprint density at radius 3 is 2.70 bits per heavy atom. The Morgan fingerprint density at radius 2 is 2.15 bits per heavy atom. The minimum Gasteiger partial charge on any atom is -0.389 e. The molecule has 1 fully saturated rings. The van der Waals surface area contributed by atoms with Gasteiger partial charge in [0, 0.05) is 23.0 Å². The molecule has 1 aliphatic heterocycles. The van der Waals surface area contributed by atoms with Crippen LogP contribution in [-0.2, 0) is 6.18 Å². The standard InChI is InChI=1S/C13H15F3N2S2/c14-13(15,16)8-3-4-11(10(6-8)12(17)19)18-9-2-1-5-20-7-9/h3-4,6,9,18H,1-2,5,7H2,(H2,17,19). The summed E-state index contributed by atoms with van der Waals surface area (Å²) in [4.78, 5) is -0.0259. The van der Waals surface area contributed by atoms with Crippen LogP contribution in [-0.4, -0.2) is 22.5 Å². The van der Waals surface area contributed by atoms with Gasteiger partial charge in [0.05, 0.1) is 5.56 Å². The predicted molar refractivity (Wildman–Crippen MR) is 81.3 cm³/mol. The Kier molecular flexibility index (Phi) is 4.80. The van der Waals surface area contributed by atoms with E-state index in [1.807, 2.05) is 11.8 Å². The van der Waals surface area contributed by atoms with E-state index in [4.69, 9.17) is 18.0 Å². The smallest absolute Gasteiger partial charge is 0.389 e. The van der Waals surface area contributed by atoms with Crippen LogP contribution >= 0.6 is 24.0 Å². The molecule has 1 unspecified atom stereocenters. The van der Waals surface area contributed by atoms with Gasteiger partial charge in [-0.25, -0.2) is 0 Å². The van der Waals surface area contributed by atoms with Crippen molar-refractivity contribution in [1.82, 2.24) is 0 Å². The summed E-state index contributed by atoms with van der Waals surface area (Å²) in [6.07, 6.45) is -2.28. The number of alkyl halides is 3. The molecular formula is C13H15F3N2S2. The normalized spacial score (nSPS) is 19.6. The summed E-state index contributed by atoms with van der Waals surface area (Å²) in [6.45, 7) is 0. The Bertz CT molecular complexity index is 497. The second-order valence-electron chi connectivity index (χ2n) is 4.68. The molecule has 0 aromatic heterocycles. The Labute approximate surface area is 125 Å². The number of benzene rings is 1. The fraction of sp³-hybridized carbons (Fsp3) is 0.462. The van der Waals surface area contributed by atoms with Gasteiger partial charge in [-0.1, -0.05) is 12.2 Å². The molecule has 7 heteroatoms. The zero-order valence-corrected chi connectivity index (χ0v) is 12.3.